The fourth-order valence-corrected chi connectivity index (χ4v) is 1.34. The topological polar surface area (TPSA) is 52.6 Å². The molecule has 1 saturated heterocycles. The van der Waals surface area contributed by atoms with E-state index in [0.717, 1.165) is 0 Å². The molecule has 1 heterocycles. The van der Waals surface area contributed by atoms with Crippen molar-refractivity contribution in [2.75, 3.05) is 26.3 Å². The normalized spacial score (nSPS) is 18.8. The molecule has 4 nitrogen and oxygen atoms in total. The lowest BCUT2D eigenvalue weighted by atomic mass is 10.3. The minimum atomic E-state index is -1.09. The molecule has 0 aromatic heterocycles. The Hall–Kier alpha value is -1.03. The molecule has 13 heavy (non-hydrogen) atoms. The maximum atomic E-state index is 10.7. The number of carboxylic acids is 1. The van der Waals surface area contributed by atoms with Crippen molar-refractivity contribution in [1.82, 2.24) is 4.90 Å². The van der Waals surface area contributed by atoms with Crippen LogP contribution in [0.15, 0.2) is 11.8 Å². The zero-order chi connectivity index (χ0) is 9.68. The van der Waals surface area contributed by atoms with Crippen LogP contribution in [0.3, 0.4) is 0 Å². The molecular formula is C9H14NO3-. The van der Waals surface area contributed by atoms with Gasteiger partial charge >= 0.3 is 0 Å². The molecule has 0 aliphatic carbocycles. The van der Waals surface area contributed by atoms with Crippen molar-refractivity contribution in [3.63, 3.8) is 0 Å². The lowest BCUT2D eigenvalue weighted by molar-refractivity contribution is -0.301. The highest BCUT2D eigenvalue weighted by Gasteiger charge is 2.13. The molecule has 0 radical (unpaired) electrons. The van der Waals surface area contributed by atoms with Crippen molar-refractivity contribution in [2.24, 2.45) is 0 Å². The van der Waals surface area contributed by atoms with Gasteiger partial charge in [0.2, 0.25) is 0 Å². The van der Waals surface area contributed by atoms with Crippen LogP contribution in [0.4, 0.5) is 0 Å². The number of aliphatic carboxylic acids is 1. The van der Waals surface area contributed by atoms with Crippen LogP contribution in [-0.2, 0) is 9.53 Å². The lowest BCUT2D eigenvalue weighted by Crippen LogP contribution is -2.42. The van der Waals surface area contributed by atoms with Gasteiger partial charge in [-0.15, -0.1) is 0 Å². The Morgan fingerprint density at radius 3 is 2.62 bits per heavy atom. The highest BCUT2D eigenvalue weighted by atomic mass is 16.5. The minimum absolute atomic E-state index is 0.297. The number of nitrogens with zero attached hydrogens (tertiary/aromatic N) is 1. The number of carboxylic acid groups (broad SMARTS) is 1. The summed E-state index contributed by atoms with van der Waals surface area (Å²) in [6, 6.07) is 0. The van der Waals surface area contributed by atoms with Crippen molar-refractivity contribution in [2.45, 2.75) is 13.3 Å². The van der Waals surface area contributed by atoms with Gasteiger partial charge in [-0.1, -0.05) is 13.0 Å². The van der Waals surface area contributed by atoms with Gasteiger partial charge in [-0.25, -0.2) is 0 Å². The number of hydrogen-bond donors (Lipinski definition) is 0. The van der Waals surface area contributed by atoms with Crippen molar-refractivity contribution in [3.8, 4) is 0 Å². The third-order valence-electron chi connectivity index (χ3n) is 1.96. The summed E-state index contributed by atoms with van der Waals surface area (Å²) in [5.74, 6) is -1.09. The molecule has 1 rings (SSSR count). The summed E-state index contributed by atoms with van der Waals surface area (Å²) >= 11 is 0. The van der Waals surface area contributed by atoms with Crippen LogP contribution in [0.1, 0.15) is 13.3 Å². The van der Waals surface area contributed by atoms with Gasteiger partial charge in [-0.05, 0) is 6.42 Å². The molecule has 0 bridgehead atoms. The molecule has 0 aromatic carbocycles. The molecule has 0 aromatic rings. The summed E-state index contributed by atoms with van der Waals surface area (Å²) in [4.78, 5) is 12.5. The Balaban J connectivity index is 2.63. The van der Waals surface area contributed by atoms with Gasteiger partial charge in [0.15, 0.2) is 0 Å². The molecule has 74 valence electrons. The summed E-state index contributed by atoms with van der Waals surface area (Å²) in [7, 11) is 0. The van der Waals surface area contributed by atoms with Crippen LogP contribution < -0.4 is 5.11 Å². The van der Waals surface area contributed by atoms with Crippen molar-refractivity contribution in [3.05, 3.63) is 11.8 Å². The standard InChI is InChI=1S/C9H15NO3/c1-2-3-8(9(11)12)10-4-6-13-7-5-10/h3H,2,4-7H2,1H3,(H,11,12)/p-1/b8-3+. The zero-order valence-electron chi connectivity index (χ0n) is 7.78. The van der Waals surface area contributed by atoms with E-state index in [4.69, 9.17) is 4.74 Å². The Bertz CT molecular complexity index is 207. The number of carbonyl (C=O) groups excluding carboxylic acids is 1. The summed E-state index contributed by atoms with van der Waals surface area (Å²) in [5, 5.41) is 10.7. The van der Waals surface area contributed by atoms with E-state index in [0.29, 0.717) is 38.4 Å². The second kappa shape index (κ2) is 4.87. The van der Waals surface area contributed by atoms with E-state index in [9.17, 15) is 9.90 Å². The Morgan fingerprint density at radius 1 is 1.54 bits per heavy atom. The van der Waals surface area contributed by atoms with E-state index in [-0.39, 0.29) is 0 Å². The monoisotopic (exact) mass is 184 g/mol. The Labute approximate surface area is 77.8 Å². The average molecular weight is 184 g/mol. The summed E-state index contributed by atoms with van der Waals surface area (Å²) < 4.78 is 5.13. The SMILES string of the molecule is CC/C=C(\C(=O)[O-])N1CCOCC1. The van der Waals surface area contributed by atoms with E-state index < -0.39 is 5.97 Å². The fraction of sp³-hybridized carbons (Fsp3) is 0.667. The molecule has 0 atom stereocenters. The third kappa shape index (κ3) is 2.73. The van der Waals surface area contributed by atoms with E-state index in [2.05, 4.69) is 0 Å². The quantitative estimate of drug-likeness (QED) is 0.548. The maximum Gasteiger partial charge on any atom is 0.0873 e. The van der Waals surface area contributed by atoms with Gasteiger partial charge in [0, 0.05) is 13.1 Å². The molecule has 0 unspecified atom stereocenters. The van der Waals surface area contributed by atoms with Crippen molar-refractivity contribution < 1.29 is 14.6 Å². The Morgan fingerprint density at radius 2 is 2.15 bits per heavy atom. The molecule has 1 aliphatic heterocycles. The van der Waals surface area contributed by atoms with Crippen molar-refractivity contribution >= 4 is 5.97 Å². The number of ether oxygens (including phenoxy) is 1. The van der Waals surface area contributed by atoms with E-state index in [1.54, 1.807) is 11.0 Å². The van der Waals surface area contributed by atoms with E-state index >= 15 is 0 Å². The van der Waals surface area contributed by atoms with Crippen LogP contribution in [0.25, 0.3) is 0 Å². The number of allylic oxidation sites excluding steroid dienone is 1. The van der Waals surface area contributed by atoms with Crippen LogP contribution >= 0.6 is 0 Å². The first-order valence-electron chi connectivity index (χ1n) is 4.50. The smallest absolute Gasteiger partial charge is 0.0873 e. The van der Waals surface area contributed by atoms with E-state index in [1.165, 1.54) is 0 Å². The third-order valence-corrected chi connectivity index (χ3v) is 1.96. The van der Waals surface area contributed by atoms with Crippen LogP contribution in [0, 0.1) is 0 Å². The fourth-order valence-electron chi connectivity index (χ4n) is 1.34. The molecule has 0 spiro atoms. The summed E-state index contributed by atoms with van der Waals surface area (Å²) in [5.41, 5.74) is 0.297. The first-order chi connectivity index (χ1) is 6.25. The number of carbonyl (C=O) groups is 1. The molecule has 0 saturated carbocycles. The molecule has 0 amide bonds. The number of rotatable bonds is 3. The molecule has 0 N–H and O–H groups in total. The molecule has 1 fully saturated rings. The van der Waals surface area contributed by atoms with Gasteiger partial charge in [0.25, 0.3) is 0 Å². The molecule has 1 aliphatic rings. The second-order valence-corrected chi connectivity index (χ2v) is 2.88. The average Bonchev–Trinajstić information content (AvgIpc) is 2.15. The van der Waals surface area contributed by atoms with Crippen LogP contribution in [0.2, 0.25) is 0 Å². The summed E-state index contributed by atoms with van der Waals surface area (Å²) in [6.45, 7) is 4.37. The van der Waals surface area contributed by atoms with Crippen molar-refractivity contribution in [1.29, 1.82) is 0 Å². The largest absolute Gasteiger partial charge is 0.543 e. The molecular weight excluding hydrogens is 170 g/mol. The first-order valence-corrected chi connectivity index (χ1v) is 4.50. The highest BCUT2D eigenvalue weighted by molar-refractivity contribution is 5.83. The van der Waals surface area contributed by atoms with Crippen LogP contribution in [-0.4, -0.2) is 37.2 Å². The lowest BCUT2D eigenvalue weighted by Gasteiger charge is -2.31. The van der Waals surface area contributed by atoms with Gasteiger partial charge in [-0.3, -0.25) is 0 Å². The van der Waals surface area contributed by atoms with E-state index in [1.807, 2.05) is 6.92 Å². The molecule has 4 heteroatoms. The number of hydrogen-bond acceptors (Lipinski definition) is 4. The highest BCUT2D eigenvalue weighted by Crippen LogP contribution is 2.07. The van der Waals surface area contributed by atoms with Gasteiger partial charge in [0.05, 0.1) is 24.9 Å². The first kappa shape index (κ1) is 10.1. The van der Waals surface area contributed by atoms with Gasteiger partial charge in [-0.2, -0.15) is 0 Å². The minimum Gasteiger partial charge on any atom is -0.543 e. The Kier molecular flexibility index (Phi) is 3.76. The van der Waals surface area contributed by atoms with Crippen LogP contribution in [0.5, 0.6) is 0 Å². The van der Waals surface area contributed by atoms with Gasteiger partial charge < -0.3 is 19.5 Å². The second-order valence-electron chi connectivity index (χ2n) is 2.88. The van der Waals surface area contributed by atoms with Gasteiger partial charge in [0.1, 0.15) is 0 Å². The maximum absolute atomic E-state index is 10.7. The number of morpholine rings is 1. The predicted molar refractivity (Wildman–Crippen MR) is 45.8 cm³/mol. The predicted octanol–water partition coefficient (Wildman–Crippen LogP) is -0.638. The zero-order valence-corrected chi connectivity index (χ0v) is 7.78. The summed E-state index contributed by atoms with van der Waals surface area (Å²) in [6.07, 6.45) is 2.39.